The van der Waals surface area contributed by atoms with E-state index in [1.807, 2.05) is 50.2 Å². The predicted molar refractivity (Wildman–Crippen MR) is 153 cm³/mol. The predicted octanol–water partition coefficient (Wildman–Crippen LogP) is 4.85. The number of carbonyl (C=O) groups excluding carboxylic acids is 2. The summed E-state index contributed by atoms with van der Waals surface area (Å²) in [6.45, 7) is 4.10. The molecule has 0 saturated carbocycles. The number of hydrogen-bond donors (Lipinski definition) is 2. The van der Waals surface area contributed by atoms with Crippen molar-refractivity contribution in [2.45, 2.75) is 76.1 Å². The average Bonchev–Trinajstić information content (AvgIpc) is 2.93. The lowest BCUT2D eigenvalue weighted by molar-refractivity contribution is -0.129. The number of fused-ring (bicyclic) bond motifs is 5. The molecule has 3 N–H and O–H groups in total. The van der Waals surface area contributed by atoms with Gasteiger partial charge in [-0.15, -0.1) is 0 Å². The molecule has 0 saturated heterocycles. The van der Waals surface area contributed by atoms with Gasteiger partial charge in [0.1, 0.15) is 11.4 Å². The minimum Gasteiger partial charge on any atom is -0.487 e. The molecule has 0 fully saturated rings. The molecule has 0 radical (unpaired) electrons. The first kappa shape index (κ1) is 26.0. The third-order valence-electron chi connectivity index (χ3n) is 8.05. The first-order valence-electron chi connectivity index (χ1n) is 14.1. The lowest BCUT2D eigenvalue weighted by Gasteiger charge is -2.38. The second-order valence-electron chi connectivity index (χ2n) is 11.6. The van der Waals surface area contributed by atoms with Gasteiger partial charge in [0.2, 0.25) is 5.91 Å². The Kier molecular flexibility index (Phi) is 6.78. The topological polar surface area (TPSA) is 110 Å². The molecular weight excluding hydrogens is 502 g/mol. The van der Waals surface area contributed by atoms with Gasteiger partial charge in [0, 0.05) is 36.4 Å². The first-order valence-corrected chi connectivity index (χ1v) is 14.1. The van der Waals surface area contributed by atoms with E-state index in [4.69, 9.17) is 15.5 Å². The summed E-state index contributed by atoms with van der Waals surface area (Å²) < 4.78 is 6.29. The van der Waals surface area contributed by atoms with Gasteiger partial charge in [0.25, 0.3) is 5.91 Å². The van der Waals surface area contributed by atoms with E-state index in [9.17, 15) is 9.59 Å². The number of guanidine groups is 1. The molecule has 8 nitrogen and oxygen atoms in total. The fourth-order valence-electron chi connectivity index (χ4n) is 6.18. The first-order chi connectivity index (χ1) is 19.3. The van der Waals surface area contributed by atoms with Crippen LogP contribution in [0.25, 0.3) is 0 Å². The lowest BCUT2D eigenvalue weighted by Crippen LogP contribution is -2.49. The zero-order valence-electron chi connectivity index (χ0n) is 23.0. The maximum atomic E-state index is 13.7. The molecule has 5 heterocycles. The number of amides is 2. The second-order valence-corrected chi connectivity index (χ2v) is 11.6. The number of ether oxygens (including phenoxy) is 1. The summed E-state index contributed by atoms with van der Waals surface area (Å²) in [7, 11) is 0. The van der Waals surface area contributed by atoms with E-state index in [1.54, 1.807) is 23.4 Å². The summed E-state index contributed by atoms with van der Waals surface area (Å²) in [4.78, 5) is 37.9. The minimum atomic E-state index is -0.553. The number of aromatic nitrogens is 1. The number of nitrogens with two attached hydrogens (primary N) is 1. The van der Waals surface area contributed by atoms with Crippen molar-refractivity contribution in [1.82, 2.24) is 15.2 Å². The van der Waals surface area contributed by atoms with Crippen molar-refractivity contribution in [3.05, 3.63) is 94.8 Å². The Morgan fingerprint density at radius 3 is 2.70 bits per heavy atom. The van der Waals surface area contributed by atoms with Gasteiger partial charge < -0.3 is 15.8 Å². The number of rotatable bonds is 1. The zero-order chi connectivity index (χ0) is 27.9. The van der Waals surface area contributed by atoms with Crippen molar-refractivity contribution in [3.63, 3.8) is 0 Å². The minimum absolute atomic E-state index is 0.0769. The van der Waals surface area contributed by atoms with Crippen LogP contribution in [0.2, 0.25) is 0 Å². The van der Waals surface area contributed by atoms with Gasteiger partial charge in [-0.2, -0.15) is 0 Å². The van der Waals surface area contributed by atoms with Crippen LogP contribution >= 0.6 is 0 Å². The fraction of sp³-hybridized carbons (Fsp3) is 0.375. The van der Waals surface area contributed by atoms with E-state index in [-0.39, 0.29) is 29.9 Å². The Balaban J connectivity index is 1.44. The van der Waals surface area contributed by atoms with E-state index < -0.39 is 11.6 Å². The Labute approximate surface area is 234 Å². The normalized spacial score (nSPS) is 24.3. The summed E-state index contributed by atoms with van der Waals surface area (Å²) in [6.07, 6.45) is 7.98. The fourth-order valence-corrected chi connectivity index (χ4v) is 6.18. The van der Waals surface area contributed by atoms with Crippen LogP contribution in [0, 0.1) is 0 Å². The maximum absolute atomic E-state index is 13.7. The molecule has 3 atom stereocenters. The van der Waals surface area contributed by atoms with E-state index in [2.05, 4.69) is 22.4 Å². The van der Waals surface area contributed by atoms with Crippen LogP contribution in [0.3, 0.4) is 0 Å². The number of pyridine rings is 1. The number of nitrogens with one attached hydrogen (secondary N) is 1. The summed E-state index contributed by atoms with van der Waals surface area (Å²) in [6, 6.07) is 16.6. The van der Waals surface area contributed by atoms with Crippen molar-refractivity contribution in [3.8, 4) is 5.75 Å². The van der Waals surface area contributed by atoms with Gasteiger partial charge in [-0.1, -0.05) is 36.8 Å². The zero-order valence-corrected chi connectivity index (χ0v) is 23.0. The highest BCUT2D eigenvalue weighted by atomic mass is 16.5. The van der Waals surface area contributed by atoms with Gasteiger partial charge in [-0.05, 0) is 74.1 Å². The molecule has 0 spiro atoms. The van der Waals surface area contributed by atoms with Gasteiger partial charge in [0.05, 0.1) is 18.1 Å². The van der Waals surface area contributed by atoms with E-state index in [1.165, 1.54) is 5.56 Å². The number of carbonyl (C=O) groups is 2. The Hall–Kier alpha value is -4.20. The molecule has 1 aromatic heterocycles. The Morgan fingerprint density at radius 1 is 1.05 bits per heavy atom. The smallest absolute Gasteiger partial charge is 0.251 e. The molecule has 8 heteroatoms. The number of nitrogens with zero attached hydrogens (tertiary/aromatic N) is 3. The van der Waals surface area contributed by atoms with Crippen LogP contribution in [-0.4, -0.2) is 39.3 Å². The molecule has 3 aromatic rings. The quantitative estimate of drug-likeness (QED) is 0.461. The molecule has 4 aliphatic heterocycles. The maximum Gasteiger partial charge on any atom is 0.251 e. The van der Waals surface area contributed by atoms with Gasteiger partial charge >= 0.3 is 0 Å². The van der Waals surface area contributed by atoms with E-state index in [0.29, 0.717) is 18.4 Å². The molecule has 2 aromatic carbocycles. The van der Waals surface area contributed by atoms with Gasteiger partial charge in [0.15, 0.2) is 5.96 Å². The van der Waals surface area contributed by atoms with Crippen LogP contribution in [0.4, 0.5) is 0 Å². The average molecular weight is 538 g/mol. The molecule has 0 aliphatic carbocycles. The summed E-state index contributed by atoms with van der Waals surface area (Å²) in [5, 5.41) is 3.28. The third-order valence-corrected chi connectivity index (χ3v) is 8.05. The SMILES string of the molecule is CC1(C)CC2NC(=O)c3cccc(c3)C(c3cccnc3)N3C(=O)CC(CCCCc4ccc(c2c4)O1)N=C3N. The van der Waals surface area contributed by atoms with Crippen molar-refractivity contribution >= 4 is 17.8 Å². The van der Waals surface area contributed by atoms with E-state index in [0.717, 1.165) is 48.1 Å². The number of aryl methyl sites for hydroxylation is 1. The molecule has 3 unspecified atom stereocenters. The highest BCUT2D eigenvalue weighted by Gasteiger charge is 2.37. The molecule has 6 bridgehead atoms. The molecule has 2 amide bonds. The van der Waals surface area contributed by atoms with Crippen LogP contribution in [0.15, 0.2) is 72.0 Å². The lowest BCUT2D eigenvalue weighted by atomic mass is 9.88. The standard InChI is InChI=1S/C32H35N5O3/c1-32(2)18-26-25-15-20(12-13-27(25)40-32)7-3-4-11-24-17-28(38)37(31(33)35-24)29(23-10-6-14-34-19-23)21-8-5-9-22(16-21)30(39)36-26/h5-6,8-10,12-16,19,24,26,29H,3-4,7,11,17-18H2,1-2H3,(H2,33,35)(H,36,39). The van der Waals surface area contributed by atoms with Crippen molar-refractivity contribution in [2.75, 3.05) is 0 Å². The van der Waals surface area contributed by atoms with Crippen molar-refractivity contribution < 1.29 is 14.3 Å². The van der Waals surface area contributed by atoms with Crippen LogP contribution in [0.5, 0.6) is 5.75 Å². The summed E-state index contributed by atoms with van der Waals surface area (Å²) >= 11 is 0. The third kappa shape index (κ3) is 5.18. The summed E-state index contributed by atoms with van der Waals surface area (Å²) in [5.41, 5.74) is 10.4. The Morgan fingerprint density at radius 2 is 1.90 bits per heavy atom. The number of benzene rings is 2. The van der Waals surface area contributed by atoms with Crippen molar-refractivity contribution in [1.29, 1.82) is 0 Å². The van der Waals surface area contributed by atoms with E-state index >= 15 is 0 Å². The molecule has 4 aliphatic rings. The molecule has 40 heavy (non-hydrogen) atoms. The van der Waals surface area contributed by atoms with Gasteiger partial charge in [-0.25, -0.2) is 4.99 Å². The largest absolute Gasteiger partial charge is 0.487 e. The Bertz CT molecular complexity index is 1470. The molecular formula is C32H35N5O3. The molecule has 7 rings (SSSR count). The number of aliphatic imine (C=N–C) groups is 1. The van der Waals surface area contributed by atoms with Crippen LogP contribution in [-0.2, 0) is 11.2 Å². The monoisotopic (exact) mass is 537 g/mol. The number of hydrogen-bond acceptors (Lipinski definition) is 6. The highest BCUT2D eigenvalue weighted by Crippen LogP contribution is 2.40. The van der Waals surface area contributed by atoms with Crippen LogP contribution in [0.1, 0.15) is 90.6 Å². The van der Waals surface area contributed by atoms with Gasteiger partial charge in [-0.3, -0.25) is 19.5 Å². The highest BCUT2D eigenvalue weighted by molar-refractivity contribution is 5.99. The summed E-state index contributed by atoms with van der Waals surface area (Å²) in [5.74, 6) is 0.764. The molecule has 206 valence electrons. The van der Waals surface area contributed by atoms with Crippen molar-refractivity contribution in [2.24, 2.45) is 10.7 Å². The second kappa shape index (κ2) is 10.4. The van der Waals surface area contributed by atoms with Crippen LogP contribution < -0.4 is 15.8 Å².